The molecule has 0 saturated carbocycles. The molecule has 1 saturated heterocycles. The average Bonchev–Trinajstić information content (AvgIpc) is 2.78. The fourth-order valence-corrected chi connectivity index (χ4v) is 3.40. The zero-order chi connectivity index (χ0) is 20.3. The Balaban J connectivity index is 0.00000320. The maximum Gasteiger partial charge on any atom is 0.193 e. The number of aliphatic imine (C=N–C) groups is 1. The van der Waals surface area contributed by atoms with Crippen LogP contribution in [0, 0.1) is 0 Å². The smallest absolute Gasteiger partial charge is 0.193 e. The molecule has 1 aliphatic heterocycles. The first kappa shape index (κ1) is 24.3. The van der Waals surface area contributed by atoms with E-state index in [-0.39, 0.29) is 30.1 Å². The van der Waals surface area contributed by atoms with Gasteiger partial charge in [-0.2, -0.15) is 0 Å². The van der Waals surface area contributed by atoms with Crippen LogP contribution in [0.3, 0.4) is 0 Å². The van der Waals surface area contributed by atoms with Gasteiger partial charge in [-0.05, 0) is 29.8 Å². The quantitative estimate of drug-likeness (QED) is 0.245. The van der Waals surface area contributed by atoms with E-state index >= 15 is 0 Å². The SMILES string of the molecule is CN=C(NCCOCc1cccc(OC)c1)N1CCC(Oc2ccccc2)CC1.I. The number of para-hydroxylation sites is 1. The Bertz CT molecular complexity index is 765. The number of hydrogen-bond acceptors (Lipinski definition) is 4. The number of guanidine groups is 1. The number of piperidine rings is 1. The Morgan fingerprint density at radius 1 is 1.07 bits per heavy atom. The number of ether oxygens (including phenoxy) is 3. The fourth-order valence-electron chi connectivity index (χ4n) is 3.40. The van der Waals surface area contributed by atoms with Crippen molar-refractivity contribution in [1.82, 2.24) is 10.2 Å². The lowest BCUT2D eigenvalue weighted by Crippen LogP contribution is -2.48. The Kier molecular flexibility index (Phi) is 10.8. The van der Waals surface area contributed by atoms with E-state index in [1.807, 2.05) is 61.6 Å². The number of hydrogen-bond donors (Lipinski definition) is 1. The number of methoxy groups -OCH3 is 1. The van der Waals surface area contributed by atoms with E-state index in [0.717, 1.165) is 55.5 Å². The molecule has 1 aliphatic rings. The van der Waals surface area contributed by atoms with Gasteiger partial charge in [0.2, 0.25) is 0 Å². The Morgan fingerprint density at radius 3 is 2.50 bits per heavy atom. The largest absolute Gasteiger partial charge is 0.497 e. The van der Waals surface area contributed by atoms with Crippen LogP contribution in [0.5, 0.6) is 11.5 Å². The minimum absolute atomic E-state index is 0. The highest BCUT2D eigenvalue weighted by Crippen LogP contribution is 2.18. The van der Waals surface area contributed by atoms with Gasteiger partial charge in [0.15, 0.2) is 5.96 Å². The predicted molar refractivity (Wildman–Crippen MR) is 131 cm³/mol. The van der Waals surface area contributed by atoms with Gasteiger partial charge in [-0.15, -0.1) is 24.0 Å². The van der Waals surface area contributed by atoms with Gasteiger partial charge in [0.05, 0.1) is 20.3 Å². The van der Waals surface area contributed by atoms with Crippen LogP contribution >= 0.6 is 24.0 Å². The molecule has 0 bridgehead atoms. The van der Waals surface area contributed by atoms with Crippen LogP contribution in [0.25, 0.3) is 0 Å². The summed E-state index contributed by atoms with van der Waals surface area (Å²) < 4.78 is 17.1. The van der Waals surface area contributed by atoms with Gasteiger partial charge in [0, 0.05) is 39.5 Å². The standard InChI is InChI=1S/C23H31N3O3.HI/c1-24-23(25-13-16-28-18-19-7-6-10-22(17-19)27-2)26-14-11-21(12-15-26)29-20-8-4-3-5-9-20;/h3-10,17,21H,11-16,18H2,1-2H3,(H,24,25);1H. The van der Waals surface area contributed by atoms with Crippen LogP contribution in [0.1, 0.15) is 18.4 Å². The molecule has 0 aliphatic carbocycles. The molecule has 2 aromatic carbocycles. The summed E-state index contributed by atoms with van der Waals surface area (Å²) in [4.78, 5) is 6.70. The van der Waals surface area contributed by atoms with Crippen LogP contribution < -0.4 is 14.8 Å². The second-order valence-electron chi connectivity index (χ2n) is 7.00. The molecule has 3 rings (SSSR count). The average molecular weight is 525 g/mol. The molecule has 0 unspecified atom stereocenters. The number of halogens is 1. The highest BCUT2D eigenvalue weighted by Gasteiger charge is 2.22. The molecule has 6 nitrogen and oxygen atoms in total. The minimum Gasteiger partial charge on any atom is -0.497 e. The van der Waals surface area contributed by atoms with Crippen LogP contribution in [-0.2, 0) is 11.3 Å². The van der Waals surface area contributed by atoms with Gasteiger partial charge in [-0.1, -0.05) is 30.3 Å². The lowest BCUT2D eigenvalue weighted by molar-refractivity contribution is 0.120. The highest BCUT2D eigenvalue weighted by molar-refractivity contribution is 14.0. The van der Waals surface area contributed by atoms with E-state index in [0.29, 0.717) is 13.2 Å². The number of likely N-dealkylation sites (tertiary alicyclic amines) is 1. The number of rotatable bonds is 8. The van der Waals surface area contributed by atoms with Crippen molar-refractivity contribution in [3.05, 3.63) is 60.2 Å². The third kappa shape index (κ3) is 7.68. The number of nitrogens with zero attached hydrogens (tertiary/aromatic N) is 2. The fraction of sp³-hybridized carbons (Fsp3) is 0.435. The topological polar surface area (TPSA) is 55.3 Å². The summed E-state index contributed by atoms with van der Waals surface area (Å²) in [6.07, 6.45) is 2.24. The van der Waals surface area contributed by atoms with Crippen molar-refractivity contribution < 1.29 is 14.2 Å². The van der Waals surface area contributed by atoms with Gasteiger partial charge in [0.25, 0.3) is 0 Å². The highest BCUT2D eigenvalue weighted by atomic mass is 127. The van der Waals surface area contributed by atoms with Gasteiger partial charge < -0.3 is 24.4 Å². The molecule has 0 atom stereocenters. The zero-order valence-corrected chi connectivity index (χ0v) is 20.1. The Morgan fingerprint density at radius 2 is 1.80 bits per heavy atom. The molecule has 30 heavy (non-hydrogen) atoms. The molecule has 7 heteroatoms. The van der Waals surface area contributed by atoms with Gasteiger partial charge in [-0.3, -0.25) is 4.99 Å². The monoisotopic (exact) mass is 525 g/mol. The summed E-state index contributed by atoms with van der Waals surface area (Å²) in [5.41, 5.74) is 1.11. The van der Waals surface area contributed by atoms with E-state index in [2.05, 4.69) is 15.2 Å². The maximum absolute atomic E-state index is 6.07. The summed E-state index contributed by atoms with van der Waals surface area (Å²) in [6.45, 7) is 3.77. The molecule has 1 N–H and O–H groups in total. The van der Waals surface area contributed by atoms with Crippen LogP contribution in [0.2, 0.25) is 0 Å². The molecule has 0 spiro atoms. The van der Waals surface area contributed by atoms with Crippen molar-refractivity contribution in [2.45, 2.75) is 25.6 Å². The van der Waals surface area contributed by atoms with Crippen molar-refractivity contribution in [1.29, 1.82) is 0 Å². The molecule has 164 valence electrons. The number of nitrogens with one attached hydrogen (secondary N) is 1. The van der Waals surface area contributed by atoms with Crippen LogP contribution in [0.4, 0.5) is 0 Å². The van der Waals surface area contributed by atoms with Crippen molar-refractivity contribution >= 4 is 29.9 Å². The first-order chi connectivity index (χ1) is 14.3. The van der Waals surface area contributed by atoms with Crippen LogP contribution in [0.15, 0.2) is 59.6 Å². The maximum atomic E-state index is 6.07. The van der Waals surface area contributed by atoms with E-state index in [9.17, 15) is 0 Å². The lowest BCUT2D eigenvalue weighted by Gasteiger charge is -2.34. The molecular formula is C23H32IN3O3. The van der Waals surface area contributed by atoms with Crippen LogP contribution in [-0.4, -0.2) is 57.4 Å². The van der Waals surface area contributed by atoms with Crippen molar-refractivity contribution in [2.75, 3.05) is 40.4 Å². The summed E-state index contributed by atoms with van der Waals surface area (Å²) in [5.74, 6) is 2.72. The lowest BCUT2D eigenvalue weighted by atomic mass is 10.1. The first-order valence-electron chi connectivity index (χ1n) is 10.2. The molecule has 0 radical (unpaired) electrons. The van der Waals surface area contributed by atoms with E-state index < -0.39 is 0 Å². The molecule has 1 fully saturated rings. The third-order valence-electron chi connectivity index (χ3n) is 4.93. The van der Waals surface area contributed by atoms with Gasteiger partial charge in [-0.25, -0.2) is 0 Å². The van der Waals surface area contributed by atoms with Crippen molar-refractivity contribution in [2.24, 2.45) is 4.99 Å². The third-order valence-corrected chi connectivity index (χ3v) is 4.93. The first-order valence-corrected chi connectivity index (χ1v) is 10.2. The second kappa shape index (κ2) is 13.3. The normalized spacial score (nSPS) is 14.7. The zero-order valence-electron chi connectivity index (χ0n) is 17.8. The minimum atomic E-state index is 0. The molecule has 1 heterocycles. The van der Waals surface area contributed by atoms with Gasteiger partial charge in [0.1, 0.15) is 17.6 Å². The van der Waals surface area contributed by atoms with E-state index in [4.69, 9.17) is 14.2 Å². The van der Waals surface area contributed by atoms with Crippen molar-refractivity contribution in [3.63, 3.8) is 0 Å². The molecule has 2 aromatic rings. The predicted octanol–water partition coefficient (Wildman–Crippen LogP) is 3.95. The summed E-state index contributed by atoms with van der Waals surface area (Å²) in [7, 11) is 3.50. The van der Waals surface area contributed by atoms with Gasteiger partial charge >= 0.3 is 0 Å². The summed E-state index contributed by atoms with van der Waals surface area (Å²) >= 11 is 0. The molecular weight excluding hydrogens is 493 g/mol. The van der Waals surface area contributed by atoms with Crippen molar-refractivity contribution in [3.8, 4) is 11.5 Å². The molecule has 0 aromatic heterocycles. The molecule has 0 amide bonds. The Labute approximate surface area is 196 Å². The van der Waals surface area contributed by atoms with E-state index in [1.54, 1.807) is 7.11 Å². The summed E-state index contributed by atoms with van der Waals surface area (Å²) in [5, 5.41) is 3.40. The van der Waals surface area contributed by atoms with E-state index in [1.165, 1.54) is 0 Å². The Hall–Kier alpha value is -2.00. The number of benzene rings is 2. The second-order valence-corrected chi connectivity index (χ2v) is 7.00. The summed E-state index contributed by atoms with van der Waals surface area (Å²) in [6, 6.07) is 18.0.